The van der Waals surface area contributed by atoms with Crippen molar-refractivity contribution >= 4 is 10.0 Å². The molecule has 1 atom stereocenters. The van der Waals surface area contributed by atoms with E-state index < -0.39 is 10.0 Å². The Labute approximate surface area is 108 Å². The Bertz CT molecular complexity index is 491. The third-order valence-corrected chi connectivity index (χ3v) is 6.54. The number of rotatable bonds is 3. The number of H-pyrrole nitrogens is 1. The monoisotopic (exact) mass is 269 g/mol. The average molecular weight is 269 g/mol. The van der Waals surface area contributed by atoms with Crippen LogP contribution in [0.15, 0.2) is 12.3 Å². The summed E-state index contributed by atoms with van der Waals surface area (Å²) in [7, 11) is -3.13. The highest BCUT2D eigenvalue weighted by atomic mass is 32.2. The maximum Gasteiger partial charge on any atom is 0.217 e. The number of aromatic nitrogens is 2. The van der Waals surface area contributed by atoms with Crippen LogP contribution in [-0.2, 0) is 10.0 Å². The normalized spacial score (nSPS) is 27.0. The van der Waals surface area contributed by atoms with Gasteiger partial charge in [-0.3, -0.25) is 5.10 Å². The molecule has 1 N–H and O–H groups in total. The lowest BCUT2D eigenvalue weighted by Crippen LogP contribution is -2.37. The van der Waals surface area contributed by atoms with Crippen LogP contribution in [0.1, 0.15) is 50.3 Å². The summed E-state index contributed by atoms with van der Waals surface area (Å²) in [5, 5.41) is 6.70. The summed E-state index contributed by atoms with van der Waals surface area (Å²) in [6, 6.07) is 1.85. The molecule has 1 saturated carbocycles. The number of hydrogen-bond acceptors (Lipinski definition) is 3. The zero-order valence-corrected chi connectivity index (χ0v) is 11.2. The van der Waals surface area contributed by atoms with Gasteiger partial charge in [-0.15, -0.1) is 0 Å². The first-order chi connectivity index (χ1) is 8.69. The Kier molecular flexibility index (Phi) is 3.15. The zero-order chi connectivity index (χ0) is 12.6. The highest BCUT2D eigenvalue weighted by molar-refractivity contribution is 7.89. The molecule has 18 heavy (non-hydrogen) atoms. The van der Waals surface area contributed by atoms with E-state index in [1.165, 1.54) is 0 Å². The van der Waals surface area contributed by atoms with Gasteiger partial charge in [-0.05, 0) is 31.7 Å². The molecule has 6 heteroatoms. The Hall–Kier alpha value is -0.880. The summed E-state index contributed by atoms with van der Waals surface area (Å²) in [6.45, 7) is 0.655. The second kappa shape index (κ2) is 4.66. The van der Waals surface area contributed by atoms with Crippen LogP contribution in [0, 0.1) is 0 Å². The van der Waals surface area contributed by atoms with Crippen molar-refractivity contribution in [3.8, 4) is 0 Å². The van der Waals surface area contributed by atoms with Crippen LogP contribution in [-0.4, -0.2) is 34.7 Å². The number of sulfonamides is 1. The quantitative estimate of drug-likeness (QED) is 0.910. The topological polar surface area (TPSA) is 66.1 Å². The number of hydrogen-bond donors (Lipinski definition) is 1. The summed E-state index contributed by atoms with van der Waals surface area (Å²) in [4.78, 5) is 0. The van der Waals surface area contributed by atoms with E-state index >= 15 is 0 Å². The SMILES string of the molecule is O=S(=O)(C1CCCC1)N1CCC[C@@H]1c1ccn[nH]1. The molecule has 0 amide bonds. The molecule has 2 aliphatic rings. The second-order valence-corrected chi connectivity index (χ2v) is 7.40. The largest absolute Gasteiger partial charge is 0.281 e. The fourth-order valence-corrected chi connectivity index (χ4v) is 5.45. The molecule has 1 saturated heterocycles. The molecule has 0 aromatic carbocycles. The molecule has 2 fully saturated rings. The van der Waals surface area contributed by atoms with Crippen LogP contribution < -0.4 is 0 Å². The molecule has 0 spiro atoms. The van der Waals surface area contributed by atoms with Gasteiger partial charge >= 0.3 is 0 Å². The lowest BCUT2D eigenvalue weighted by Gasteiger charge is -2.26. The van der Waals surface area contributed by atoms with Crippen LogP contribution in [0.4, 0.5) is 0 Å². The van der Waals surface area contributed by atoms with Gasteiger partial charge < -0.3 is 0 Å². The minimum atomic E-state index is -3.13. The molecule has 0 bridgehead atoms. The molecule has 1 aromatic heterocycles. The Morgan fingerprint density at radius 2 is 2.00 bits per heavy atom. The first kappa shape index (κ1) is 12.2. The fraction of sp³-hybridized carbons (Fsp3) is 0.750. The van der Waals surface area contributed by atoms with Crippen LogP contribution in [0.2, 0.25) is 0 Å². The molecule has 100 valence electrons. The molecule has 1 aliphatic heterocycles. The minimum Gasteiger partial charge on any atom is -0.281 e. The molecule has 1 aromatic rings. The van der Waals surface area contributed by atoms with Crippen molar-refractivity contribution in [2.45, 2.75) is 49.8 Å². The summed E-state index contributed by atoms with van der Waals surface area (Å²) < 4.78 is 27.0. The van der Waals surface area contributed by atoms with Gasteiger partial charge in [0.15, 0.2) is 0 Å². The Morgan fingerprint density at radius 3 is 2.67 bits per heavy atom. The van der Waals surface area contributed by atoms with E-state index in [1.54, 1.807) is 10.5 Å². The smallest absolute Gasteiger partial charge is 0.217 e. The molecular weight excluding hydrogens is 250 g/mol. The molecule has 1 aliphatic carbocycles. The van der Waals surface area contributed by atoms with E-state index in [2.05, 4.69) is 10.2 Å². The van der Waals surface area contributed by atoms with Crippen LogP contribution >= 0.6 is 0 Å². The first-order valence-corrected chi connectivity index (χ1v) is 8.20. The highest BCUT2D eigenvalue weighted by Gasteiger charge is 2.41. The van der Waals surface area contributed by atoms with Gasteiger partial charge in [0.2, 0.25) is 10.0 Å². The van der Waals surface area contributed by atoms with E-state index in [1.807, 2.05) is 6.07 Å². The van der Waals surface area contributed by atoms with E-state index in [0.717, 1.165) is 44.2 Å². The van der Waals surface area contributed by atoms with Gasteiger partial charge in [-0.1, -0.05) is 12.8 Å². The predicted molar refractivity (Wildman–Crippen MR) is 68.4 cm³/mol. The van der Waals surface area contributed by atoms with Crippen molar-refractivity contribution in [3.05, 3.63) is 18.0 Å². The third-order valence-electron chi connectivity index (χ3n) is 4.14. The highest BCUT2D eigenvalue weighted by Crippen LogP contribution is 2.37. The van der Waals surface area contributed by atoms with Gasteiger partial charge in [-0.2, -0.15) is 9.40 Å². The van der Waals surface area contributed by atoms with Gasteiger partial charge in [-0.25, -0.2) is 8.42 Å². The Balaban J connectivity index is 1.86. The van der Waals surface area contributed by atoms with E-state index in [9.17, 15) is 8.42 Å². The van der Waals surface area contributed by atoms with Crippen LogP contribution in [0.25, 0.3) is 0 Å². The molecular formula is C12H19N3O2S. The van der Waals surface area contributed by atoms with E-state index in [-0.39, 0.29) is 11.3 Å². The molecule has 5 nitrogen and oxygen atoms in total. The number of nitrogens with one attached hydrogen (secondary N) is 1. The van der Waals surface area contributed by atoms with Gasteiger partial charge in [0, 0.05) is 12.7 Å². The standard InChI is InChI=1S/C12H19N3O2S/c16-18(17,10-4-1-2-5-10)15-9-3-6-12(15)11-7-8-13-14-11/h7-8,10,12H,1-6,9H2,(H,13,14)/t12-/m1/s1. The number of nitrogens with zero attached hydrogens (tertiary/aromatic N) is 2. The lowest BCUT2D eigenvalue weighted by atomic mass is 10.2. The van der Waals surface area contributed by atoms with Crippen LogP contribution in [0.3, 0.4) is 0 Å². The maximum absolute atomic E-state index is 12.6. The zero-order valence-electron chi connectivity index (χ0n) is 10.4. The third kappa shape index (κ3) is 1.97. The van der Waals surface area contributed by atoms with Crippen molar-refractivity contribution in [3.63, 3.8) is 0 Å². The van der Waals surface area contributed by atoms with Crippen molar-refractivity contribution in [1.82, 2.24) is 14.5 Å². The Morgan fingerprint density at radius 1 is 1.22 bits per heavy atom. The van der Waals surface area contributed by atoms with Gasteiger partial charge in [0.25, 0.3) is 0 Å². The van der Waals surface area contributed by atoms with Crippen molar-refractivity contribution in [2.75, 3.05) is 6.54 Å². The molecule has 0 unspecified atom stereocenters. The van der Waals surface area contributed by atoms with Crippen molar-refractivity contribution < 1.29 is 8.42 Å². The minimum absolute atomic E-state index is 0.0295. The molecule has 0 radical (unpaired) electrons. The van der Waals surface area contributed by atoms with E-state index in [4.69, 9.17) is 0 Å². The van der Waals surface area contributed by atoms with Gasteiger partial charge in [0.1, 0.15) is 0 Å². The summed E-state index contributed by atoms with van der Waals surface area (Å²) >= 11 is 0. The molecule has 3 rings (SSSR count). The van der Waals surface area contributed by atoms with E-state index in [0.29, 0.717) is 6.54 Å². The van der Waals surface area contributed by atoms with Crippen LogP contribution in [0.5, 0.6) is 0 Å². The van der Waals surface area contributed by atoms with Gasteiger partial charge in [0.05, 0.1) is 17.0 Å². The maximum atomic E-state index is 12.6. The van der Waals surface area contributed by atoms with Crippen molar-refractivity contribution in [2.24, 2.45) is 0 Å². The van der Waals surface area contributed by atoms with Crippen molar-refractivity contribution in [1.29, 1.82) is 0 Å². The summed E-state index contributed by atoms with van der Waals surface area (Å²) in [5.74, 6) is 0. The fourth-order valence-electron chi connectivity index (χ4n) is 3.19. The summed E-state index contributed by atoms with van der Waals surface area (Å²) in [6.07, 6.45) is 7.28. The second-order valence-electron chi connectivity index (χ2n) is 5.23. The summed E-state index contributed by atoms with van der Waals surface area (Å²) in [5.41, 5.74) is 0.925. The number of aromatic amines is 1. The molecule has 2 heterocycles. The lowest BCUT2D eigenvalue weighted by molar-refractivity contribution is 0.383. The predicted octanol–water partition coefficient (Wildman–Crippen LogP) is 1.82. The average Bonchev–Trinajstić information content (AvgIpc) is 3.11. The first-order valence-electron chi connectivity index (χ1n) is 6.69.